The quantitative estimate of drug-likeness (QED) is 0.471. The predicted octanol–water partition coefficient (Wildman–Crippen LogP) is 4.09. The monoisotopic (exact) mass is 203 g/mol. The molecule has 0 spiro atoms. The lowest BCUT2D eigenvalue weighted by Gasteiger charge is -2.06. The third kappa shape index (κ3) is 5.87. The van der Waals surface area contributed by atoms with Crippen LogP contribution < -0.4 is 0 Å². The Morgan fingerprint density at radius 2 is 2.00 bits per heavy atom. The summed E-state index contributed by atoms with van der Waals surface area (Å²) in [5, 5.41) is 0. The second-order valence-corrected chi connectivity index (χ2v) is 3.45. The van der Waals surface area contributed by atoms with Crippen molar-refractivity contribution in [2.75, 3.05) is 7.05 Å². The molecule has 0 unspecified atom stereocenters. The third-order valence-corrected chi connectivity index (χ3v) is 2.20. The highest BCUT2D eigenvalue weighted by Crippen LogP contribution is 2.17. The topological polar surface area (TPSA) is 12.4 Å². The van der Waals surface area contributed by atoms with Crippen molar-refractivity contribution in [1.29, 1.82) is 0 Å². The molecule has 0 aromatic carbocycles. The van der Waals surface area contributed by atoms with E-state index in [2.05, 4.69) is 37.4 Å². The van der Waals surface area contributed by atoms with Gasteiger partial charge in [-0.15, -0.1) is 0 Å². The van der Waals surface area contributed by atoms with Crippen LogP contribution in [0.15, 0.2) is 46.5 Å². The first-order valence-corrected chi connectivity index (χ1v) is 5.30. The van der Waals surface area contributed by atoms with Crippen molar-refractivity contribution in [3.8, 4) is 0 Å². The maximum absolute atomic E-state index is 4.03. The van der Waals surface area contributed by atoms with Crippen molar-refractivity contribution >= 4 is 5.87 Å². The third-order valence-electron chi connectivity index (χ3n) is 2.20. The van der Waals surface area contributed by atoms with Crippen LogP contribution in [-0.4, -0.2) is 12.9 Å². The van der Waals surface area contributed by atoms with Crippen molar-refractivity contribution < 1.29 is 0 Å². The van der Waals surface area contributed by atoms with E-state index in [0.29, 0.717) is 0 Å². The molecular formula is C14H21N. The fourth-order valence-corrected chi connectivity index (χ4v) is 1.37. The Labute approximate surface area is 93.6 Å². The lowest BCUT2D eigenvalue weighted by molar-refractivity contribution is 0.945. The van der Waals surface area contributed by atoms with E-state index in [9.17, 15) is 0 Å². The fourth-order valence-electron chi connectivity index (χ4n) is 1.37. The van der Waals surface area contributed by atoms with Gasteiger partial charge in [0.25, 0.3) is 0 Å². The van der Waals surface area contributed by atoms with Crippen LogP contribution in [0.2, 0.25) is 0 Å². The van der Waals surface area contributed by atoms with Gasteiger partial charge in [-0.2, -0.15) is 0 Å². The molecule has 0 aliphatic rings. The molecular weight excluding hydrogens is 182 g/mol. The van der Waals surface area contributed by atoms with Gasteiger partial charge in [0.05, 0.1) is 0 Å². The summed E-state index contributed by atoms with van der Waals surface area (Å²) < 4.78 is 0. The summed E-state index contributed by atoms with van der Waals surface area (Å²) >= 11 is 0. The van der Waals surface area contributed by atoms with E-state index in [1.165, 1.54) is 11.1 Å². The van der Waals surface area contributed by atoms with Crippen LogP contribution in [-0.2, 0) is 0 Å². The Balaban J connectivity index is 4.38. The zero-order valence-corrected chi connectivity index (χ0v) is 10.3. The molecule has 0 rings (SSSR count). The zero-order chi connectivity index (χ0) is 11.7. The summed E-state index contributed by atoms with van der Waals surface area (Å²) in [6, 6.07) is 0. The van der Waals surface area contributed by atoms with E-state index in [4.69, 9.17) is 0 Å². The van der Waals surface area contributed by atoms with Crippen LogP contribution in [0, 0.1) is 0 Å². The molecule has 0 radical (unpaired) electrons. The molecule has 0 heterocycles. The van der Waals surface area contributed by atoms with Crippen LogP contribution in [0.5, 0.6) is 0 Å². The second-order valence-electron chi connectivity index (χ2n) is 3.45. The van der Waals surface area contributed by atoms with Crippen LogP contribution in [0.25, 0.3) is 0 Å². The molecule has 0 saturated heterocycles. The van der Waals surface area contributed by atoms with Gasteiger partial charge in [-0.3, -0.25) is 0 Å². The van der Waals surface area contributed by atoms with E-state index < -0.39 is 0 Å². The number of rotatable bonds is 5. The summed E-state index contributed by atoms with van der Waals surface area (Å²) in [6.07, 6.45) is 8.19. The molecule has 1 heteroatoms. The van der Waals surface area contributed by atoms with Gasteiger partial charge in [0.1, 0.15) is 0 Å². The van der Waals surface area contributed by atoms with Gasteiger partial charge in [-0.1, -0.05) is 24.8 Å². The van der Waals surface area contributed by atoms with Gasteiger partial charge in [-0.25, -0.2) is 4.99 Å². The van der Waals surface area contributed by atoms with Crippen LogP contribution >= 0.6 is 0 Å². The Hall–Kier alpha value is -1.33. The molecule has 0 fully saturated rings. The van der Waals surface area contributed by atoms with E-state index in [0.717, 1.165) is 18.4 Å². The molecule has 1 nitrogen and oxygen atoms in total. The number of nitrogens with zero attached hydrogens (tertiary/aromatic N) is 1. The van der Waals surface area contributed by atoms with Crippen molar-refractivity contribution in [2.24, 2.45) is 4.99 Å². The largest absolute Gasteiger partial charge is 0.247 e. The van der Waals surface area contributed by atoms with Crippen LogP contribution in [0.3, 0.4) is 0 Å². The Kier molecular flexibility index (Phi) is 7.31. The highest BCUT2D eigenvalue weighted by atomic mass is 14.6. The molecule has 0 aliphatic heterocycles. The molecule has 82 valence electrons. The van der Waals surface area contributed by atoms with E-state index in [-0.39, 0.29) is 0 Å². The zero-order valence-electron chi connectivity index (χ0n) is 10.3. The first-order valence-electron chi connectivity index (χ1n) is 5.30. The molecule has 0 amide bonds. The molecule has 0 bridgehead atoms. The summed E-state index contributed by atoms with van der Waals surface area (Å²) in [4.78, 5) is 3.88. The number of hydrogen-bond donors (Lipinski definition) is 0. The highest BCUT2D eigenvalue weighted by molar-refractivity contribution is 5.57. The maximum Gasteiger partial charge on any atom is 0.0372 e. The Morgan fingerprint density at radius 3 is 2.47 bits per heavy atom. The Bertz CT molecular complexity index is 323. The van der Waals surface area contributed by atoms with Crippen molar-refractivity contribution in [2.45, 2.75) is 33.6 Å². The van der Waals surface area contributed by atoms with Gasteiger partial charge in [0, 0.05) is 7.05 Å². The van der Waals surface area contributed by atoms with Crippen molar-refractivity contribution in [3.05, 3.63) is 41.5 Å². The SMILES string of the molecule is C=C(/C=C\C)/C(=C\C)CCC(C)=C=NC. The number of allylic oxidation sites excluding steroid dienone is 6. The molecule has 0 aliphatic carbocycles. The van der Waals surface area contributed by atoms with Gasteiger partial charge in [-0.05, 0) is 56.2 Å². The molecule has 0 aromatic heterocycles. The van der Waals surface area contributed by atoms with Gasteiger partial charge in [0.2, 0.25) is 0 Å². The summed E-state index contributed by atoms with van der Waals surface area (Å²) in [7, 11) is 1.75. The average molecular weight is 203 g/mol. The second kappa shape index (κ2) is 8.02. The van der Waals surface area contributed by atoms with Gasteiger partial charge in [0.15, 0.2) is 0 Å². The minimum Gasteiger partial charge on any atom is -0.247 e. The smallest absolute Gasteiger partial charge is 0.0372 e. The Morgan fingerprint density at radius 1 is 1.33 bits per heavy atom. The normalized spacial score (nSPS) is 11.3. The molecule has 0 saturated carbocycles. The number of aliphatic imine (C=N–C) groups is 1. The van der Waals surface area contributed by atoms with Crippen molar-refractivity contribution in [3.63, 3.8) is 0 Å². The van der Waals surface area contributed by atoms with Gasteiger partial charge < -0.3 is 0 Å². The molecule has 0 atom stereocenters. The highest BCUT2D eigenvalue weighted by Gasteiger charge is 1.99. The van der Waals surface area contributed by atoms with Crippen LogP contribution in [0.4, 0.5) is 0 Å². The summed E-state index contributed by atoms with van der Waals surface area (Å²) in [5.41, 5.74) is 3.58. The minimum atomic E-state index is 0.994. The molecule has 0 N–H and O–H groups in total. The first kappa shape index (κ1) is 13.7. The average Bonchev–Trinajstić information content (AvgIpc) is 2.19. The van der Waals surface area contributed by atoms with E-state index in [1.807, 2.05) is 19.1 Å². The number of hydrogen-bond acceptors (Lipinski definition) is 1. The van der Waals surface area contributed by atoms with E-state index >= 15 is 0 Å². The lowest BCUT2D eigenvalue weighted by Crippen LogP contribution is -1.88. The maximum atomic E-state index is 4.03. The first-order chi connectivity index (χ1) is 7.15. The van der Waals surface area contributed by atoms with Crippen LogP contribution in [0.1, 0.15) is 33.6 Å². The van der Waals surface area contributed by atoms with Gasteiger partial charge >= 0.3 is 0 Å². The summed E-state index contributed by atoms with van der Waals surface area (Å²) in [6.45, 7) is 10.1. The van der Waals surface area contributed by atoms with E-state index in [1.54, 1.807) is 7.05 Å². The van der Waals surface area contributed by atoms with Crippen molar-refractivity contribution in [1.82, 2.24) is 0 Å². The molecule has 0 aromatic rings. The fraction of sp³-hybridized carbons (Fsp3) is 0.429. The molecule has 15 heavy (non-hydrogen) atoms. The predicted molar refractivity (Wildman–Crippen MR) is 69.5 cm³/mol. The minimum absolute atomic E-state index is 0.994. The lowest BCUT2D eigenvalue weighted by atomic mass is 10.00. The standard InChI is InChI=1S/C14H21N/c1-6-8-13(4)14(7-2)10-9-12(3)11-15-5/h6-8H,4,9-10H2,1-3,5H3/b8-6-,14-7-. The summed E-state index contributed by atoms with van der Waals surface area (Å²) in [5.74, 6) is 2.96.